The summed E-state index contributed by atoms with van der Waals surface area (Å²) < 4.78 is 33.0. The summed E-state index contributed by atoms with van der Waals surface area (Å²) in [5.41, 5.74) is 0. The van der Waals surface area contributed by atoms with Crippen molar-refractivity contribution >= 4 is 22.6 Å². The van der Waals surface area contributed by atoms with Crippen LogP contribution in [0.3, 0.4) is 0 Å². The van der Waals surface area contributed by atoms with Crippen molar-refractivity contribution in [2.45, 2.75) is 164 Å². The predicted octanol–water partition coefficient (Wildman–Crippen LogP) is 8.76. The molecule has 5 aliphatic rings. The molecule has 0 aromatic heterocycles. The Labute approximate surface area is 258 Å². The molecule has 0 N–H and O–H groups in total. The van der Waals surface area contributed by atoms with Crippen molar-refractivity contribution in [3.63, 3.8) is 0 Å². The smallest absolute Gasteiger partial charge is 0.158 e. The number of rotatable bonds is 13. The molecule has 40 heavy (non-hydrogen) atoms. The summed E-state index contributed by atoms with van der Waals surface area (Å²) in [6.07, 6.45) is 26.5. The normalized spacial score (nSPS) is 40.3. The van der Waals surface area contributed by atoms with Crippen LogP contribution < -0.4 is 0 Å². The third-order valence-corrected chi connectivity index (χ3v) is 11.9. The Morgan fingerprint density at radius 1 is 0.875 bits per heavy atom. The van der Waals surface area contributed by atoms with E-state index in [1.54, 1.807) is 0 Å². The van der Waals surface area contributed by atoms with Crippen LogP contribution in [0.2, 0.25) is 0 Å². The maximum absolute atomic E-state index is 6.78. The van der Waals surface area contributed by atoms with E-state index in [1.165, 1.54) is 70.6 Å². The Bertz CT molecular complexity index is 743. The van der Waals surface area contributed by atoms with E-state index >= 15 is 0 Å². The van der Waals surface area contributed by atoms with E-state index in [0.717, 1.165) is 57.7 Å². The van der Waals surface area contributed by atoms with Crippen LogP contribution in [0.1, 0.15) is 123 Å². The van der Waals surface area contributed by atoms with Gasteiger partial charge in [-0.1, -0.05) is 87.1 Å². The van der Waals surface area contributed by atoms with Gasteiger partial charge in [0.15, 0.2) is 12.6 Å². The Hall–Kier alpha value is 0.270. The van der Waals surface area contributed by atoms with Gasteiger partial charge in [0.1, 0.15) is 0 Å². The Morgan fingerprint density at radius 3 is 2.30 bits per heavy atom. The molecule has 3 aliphatic heterocycles. The van der Waals surface area contributed by atoms with E-state index in [4.69, 9.17) is 23.7 Å². The van der Waals surface area contributed by atoms with Gasteiger partial charge in [-0.05, 0) is 82.0 Å². The number of halogens is 1. The molecule has 3 heterocycles. The van der Waals surface area contributed by atoms with Gasteiger partial charge in [-0.2, -0.15) is 0 Å². The molecule has 4 unspecified atom stereocenters. The second-order valence-electron chi connectivity index (χ2n) is 13.4. The van der Waals surface area contributed by atoms with E-state index in [2.05, 4.69) is 48.6 Å². The number of fused-ring (bicyclic) bond motifs is 1. The van der Waals surface area contributed by atoms with Crippen LogP contribution in [0.25, 0.3) is 0 Å². The summed E-state index contributed by atoms with van der Waals surface area (Å²) in [6.45, 7) is 6.28. The fourth-order valence-electron chi connectivity index (χ4n) is 8.10. The lowest BCUT2D eigenvalue weighted by Crippen LogP contribution is -2.34. The fraction of sp³-hybridized carbons (Fsp3) is 0.941. The van der Waals surface area contributed by atoms with Crippen molar-refractivity contribution in [1.82, 2.24) is 0 Å². The van der Waals surface area contributed by atoms with Crippen molar-refractivity contribution < 1.29 is 23.7 Å². The van der Waals surface area contributed by atoms with Crippen LogP contribution in [0.4, 0.5) is 0 Å². The van der Waals surface area contributed by atoms with E-state index in [9.17, 15) is 0 Å². The SMILES string of the molecule is CCCCC(I)C1C[C@@H]2[C@@H](C=C[C@@H](OC3CCCCO3)C3CCC(CCC)CC3)[C@H](OC3CCCCO3)C[C@H]2O1. The van der Waals surface area contributed by atoms with E-state index in [-0.39, 0.29) is 24.8 Å². The molecule has 230 valence electrons. The van der Waals surface area contributed by atoms with Gasteiger partial charge in [-0.25, -0.2) is 0 Å². The van der Waals surface area contributed by atoms with Crippen molar-refractivity contribution in [3.8, 4) is 0 Å². The van der Waals surface area contributed by atoms with E-state index in [0.29, 0.717) is 33.9 Å². The molecule has 6 heteroatoms. The molecule has 0 aromatic carbocycles. The van der Waals surface area contributed by atoms with Gasteiger partial charge in [0.05, 0.1) is 24.4 Å². The molecule has 2 aliphatic carbocycles. The van der Waals surface area contributed by atoms with Crippen LogP contribution >= 0.6 is 22.6 Å². The standard InChI is InChI=1S/C34H57IO5/c1-3-5-11-28(35)32-22-27-26(30(23-31(27)38-32)40-34-13-7-9-21-37-34)18-19-29(39-33-12-6-8-20-36-33)25-16-14-24(10-4-2)15-17-25/h18-19,24-34H,3-17,20-23H2,1-2H3/t24?,25?,26-,27-,28?,29-,30-,31-,32?,33?,34?/m1/s1. The summed E-state index contributed by atoms with van der Waals surface area (Å²) in [5, 5.41) is 0. The Kier molecular flexibility index (Phi) is 13.0. The van der Waals surface area contributed by atoms with Crippen LogP contribution in [-0.4, -0.2) is 54.1 Å². The molecule has 0 bridgehead atoms. The molecular formula is C34H57IO5. The van der Waals surface area contributed by atoms with Gasteiger partial charge in [-0.15, -0.1) is 0 Å². The first-order valence-electron chi connectivity index (χ1n) is 17.2. The van der Waals surface area contributed by atoms with Gasteiger partial charge in [0, 0.05) is 29.5 Å². The molecule has 5 rings (SSSR count). The monoisotopic (exact) mass is 672 g/mol. The molecule has 0 amide bonds. The summed E-state index contributed by atoms with van der Waals surface area (Å²) in [4.78, 5) is 0. The maximum atomic E-state index is 6.78. The number of alkyl halides is 1. The molecule has 0 radical (unpaired) electrons. The molecule has 5 fully saturated rings. The zero-order valence-corrected chi connectivity index (χ0v) is 27.5. The number of hydrogen-bond donors (Lipinski definition) is 0. The van der Waals surface area contributed by atoms with Gasteiger partial charge in [0.25, 0.3) is 0 Å². The minimum Gasteiger partial charge on any atom is -0.373 e. The molecule has 9 atom stereocenters. The minimum atomic E-state index is -0.0531. The topological polar surface area (TPSA) is 46.2 Å². The second kappa shape index (κ2) is 16.4. The maximum Gasteiger partial charge on any atom is 0.158 e. The summed E-state index contributed by atoms with van der Waals surface area (Å²) in [5.74, 6) is 2.39. The van der Waals surface area contributed by atoms with Crippen LogP contribution in [0, 0.1) is 23.7 Å². The quantitative estimate of drug-likeness (QED) is 0.111. The Morgan fingerprint density at radius 2 is 1.62 bits per heavy atom. The zero-order chi connectivity index (χ0) is 27.7. The summed E-state index contributed by atoms with van der Waals surface area (Å²) in [7, 11) is 0. The highest BCUT2D eigenvalue weighted by molar-refractivity contribution is 14.1. The third-order valence-electron chi connectivity index (χ3n) is 10.4. The molecule has 5 nitrogen and oxygen atoms in total. The highest BCUT2D eigenvalue weighted by Crippen LogP contribution is 2.48. The van der Waals surface area contributed by atoms with Gasteiger partial charge < -0.3 is 23.7 Å². The summed E-state index contributed by atoms with van der Waals surface area (Å²) in [6, 6.07) is 0. The van der Waals surface area contributed by atoms with Crippen molar-refractivity contribution in [1.29, 1.82) is 0 Å². The lowest BCUT2D eigenvalue weighted by Gasteiger charge is -2.35. The van der Waals surface area contributed by atoms with Gasteiger partial charge >= 0.3 is 0 Å². The largest absolute Gasteiger partial charge is 0.373 e. The first kappa shape index (κ1) is 31.7. The number of ether oxygens (including phenoxy) is 5. The molecule has 3 saturated heterocycles. The molecular weight excluding hydrogens is 615 g/mol. The van der Waals surface area contributed by atoms with Crippen molar-refractivity contribution in [2.24, 2.45) is 23.7 Å². The lowest BCUT2D eigenvalue weighted by molar-refractivity contribution is -0.195. The van der Waals surface area contributed by atoms with Gasteiger partial charge in [-0.3, -0.25) is 0 Å². The molecule has 0 spiro atoms. The Balaban J connectivity index is 1.29. The van der Waals surface area contributed by atoms with Crippen molar-refractivity contribution in [2.75, 3.05) is 13.2 Å². The second-order valence-corrected chi connectivity index (χ2v) is 15.0. The van der Waals surface area contributed by atoms with E-state index < -0.39 is 0 Å². The van der Waals surface area contributed by atoms with Crippen molar-refractivity contribution in [3.05, 3.63) is 12.2 Å². The average molecular weight is 673 g/mol. The highest BCUT2D eigenvalue weighted by Gasteiger charge is 2.51. The zero-order valence-electron chi connectivity index (χ0n) is 25.4. The third kappa shape index (κ3) is 8.68. The lowest BCUT2D eigenvalue weighted by atomic mass is 9.77. The number of unbranched alkanes of at least 4 members (excludes halogenated alkanes) is 1. The summed E-state index contributed by atoms with van der Waals surface area (Å²) >= 11 is 2.66. The van der Waals surface area contributed by atoms with E-state index in [1.807, 2.05) is 0 Å². The van der Waals surface area contributed by atoms with Crippen LogP contribution in [-0.2, 0) is 23.7 Å². The molecule has 2 saturated carbocycles. The first-order valence-corrected chi connectivity index (χ1v) is 18.4. The predicted molar refractivity (Wildman–Crippen MR) is 169 cm³/mol. The molecule has 0 aromatic rings. The van der Waals surface area contributed by atoms with Gasteiger partial charge in [0.2, 0.25) is 0 Å². The minimum absolute atomic E-state index is 0.0479. The fourth-order valence-corrected chi connectivity index (χ4v) is 9.00. The first-order chi connectivity index (χ1) is 19.6. The average Bonchev–Trinajstić information content (AvgIpc) is 3.54. The van der Waals surface area contributed by atoms with Crippen LogP contribution in [0.15, 0.2) is 12.2 Å². The van der Waals surface area contributed by atoms with Crippen LogP contribution in [0.5, 0.6) is 0 Å². The number of hydrogen-bond acceptors (Lipinski definition) is 5. The highest BCUT2D eigenvalue weighted by atomic mass is 127.